The van der Waals surface area contributed by atoms with Crippen molar-refractivity contribution in [3.05, 3.63) is 75.1 Å². The lowest BCUT2D eigenvalue weighted by Gasteiger charge is -2.10. The Balaban J connectivity index is 1.26. The van der Waals surface area contributed by atoms with Crippen LogP contribution in [0.5, 0.6) is 23.0 Å². The molecule has 194 valence electrons. The van der Waals surface area contributed by atoms with E-state index in [0.29, 0.717) is 33.8 Å². The van der Waals surface area contributed by atoms with Crippen LogP contribution in [0.2, 0.25) is 0 Å². The van der Waals surface area contributed by atoms with E-state index in [1.807, 2.05) is 0 Å². The zero-order valence-electron chi connectivity index (χ0n) is 20.2. The monoisotopic (exact) mass is 580 g/mol. The van der Waals surface area contributed by atoms with Crippen molar-refractivity contribution in [2.75, 3.05) is 19.5 Å². The highest BCUT2D eigenvalue weighted by atomic mass is 79.9. The molecule has 0 spiro atoms. The molecule has 2 N–H and O–H groups in total. The third-order valence-electron chi connectivity index (χ3n) is 5.63. The highest BCUT2D eigenvalue weighted by Crippen LogP contribution is 2.32. The van der Waals surface area contributed by atoms with Crippen LogP contribution in [0.3, 0.4) is 0 Å². The average molecular weight is 581 g/mol. The number of nitrogens with one attached hydrogen (secondary N) is 1. The van der Waals surface area contributed by atoms with Gasteiger partial charge in [0.15, 0.2) is 11.5 Å². The number of amides is 1. The quantitative estimate of drug-likeness (QED) is 0.258. The minimum absolute atomic E-state index is 0.00695. The van der Waals surface area contributed by atoms with E-state index in [1.54, 1.807) is 42.6 Å². The van der Waals surface area contributed by atoms with Gasteiger partial charge in [0.25, 0.3) is 0 Å². The molecule has 0 fully saturated rings. The molecule has 0 aliphatic heterocycles. The number of aromatic hydroxyl groups is 1. The van der Waals surface area contributed by atoms with E-state index in [4.69, 9.17) is 18.6 Å². The summed E-state index contributed by atoms with van der Waals surface area (Å²) in [6.45, 7) is -0.0700. The number of methoxy groups -OCH3 is 2. The molecule has 0 aliphatic rings. The molecule has 1 amide bonds. The van der Waals surface area contributed by atoms with Crippen LogP contribution >= 0.6 is 15.9 Å². The van der Waals surface area contributed by atoms with E-state index in [9.17, 15) is 14.7 Å². The predicted molar refractivity (Wildman–Crippen MR) is 142 cm³/mol. The standard InChI is InChI=1S/C26H21BrN4O7/c1-35-21-6-4-15(8-22(21)36-2)28-24(33)12-31-11-16(29-30-31)13-37-17-9-19(32)25-23(10-17)38-20-5-3-14(27)7-18(20)26(25)34/h3-11,32H,12-13H2,1-2H3,(H,28,33). The number of anilines is 1. The Bertz CT molecular complexity index is 1730. The summed E-state index contributed by atoms with van der Waals surface area (Å²) in [6.07, 6.45) is 1.57. The third kappa shape index (κ3) is 5.11. The maximum atomic E-state index is 12.9. The summed E-state index contributed by atoms with van der Waals surface area (Å²) < 4.78 is 24.1. The number of aromatic nitrogens is 3. The number of halogens is 1. The Morgan fingerprint density at radius 3 is 2.68 bits per heavy atom. The minimum atomic E-state index is -0.346. The predicted octanol–water partition coefficient (Wildman–Crippen LogP) is 4.24. The van der Waals surface area contributed by atoms with Gasteiger partial charge in [-0.2, -0.15) is 0 Å². The van der Waals surface area contributed by atoms with E-state index in [2.05, 4.69) is 31.6 Å². The van der Waals surface area contributed by atoms with Gasteiger partial charge >= 0.3 is 0 Å². The van der Waals surface area contributed by atoms with Crippen LogP contribution in [0.15, 0.2) is 68.4 Å². The maximum Gasteiger partial charge on any atom is 0.246 e. The van der Waals surface area contributed by atoms with Gasteiger partial charge in [0.05, 0.1) is 25.8 Å². The van der Waals surface area contributed by atoms with Crippen LogP contribution in [0.4, 0.5) is 5.69 Å². The van der Waals surface area contributed by atoms with E-state index >= 15 is 0 Å². The highest BCUT2D eigenvalue weighted by Gasteiger charge is 2.15. The van der Waals surface area contributed by atoms with Crippen molar-refractivity contribution in [2.45, 2.75) is 13.2 Å². The van der Waals surface area contributed by atoms with Crippen LogP contribution in [-0.2, 0) is 17.9 Å². The van der Waals surface area contributed by atoms with Gasteiger partial charge in [-0.15, -0.1) is 5.10 Å². The fourth-order valence-electron chi connectivity index (χ4n) is 3.89. The van der Waals surface area contributed by atoms with Crippen LogP contribution in [0, 0.1) is 0 Å². The van der Waals surface area contributed by atoms with Crippen molar-refractivity contribution in [1.29, 1.82) is 0 Å². The molecule has 11 nitrogen and oxygen atoms in total. The SMILES string of the molecule is COc1ccc(NC(=O)Cn2cc(COc3cc(O)c4c(=O)c5cc(Br)ccc5oc4c3)nn2)cc1OC. The van der Waals surface area contributed by atoms with Gasteiger partial charge in [-0.3, -0.25) is 9.59 Å². The zero-order chi connectivity index (χ0) is 26.8. The van der Waals surface area contributed by atoms with Crippen molar-refractivity contribution in [2.24, 2.45) is 0 Å². The second-order valence-corrected chi connectivity index (χ2v) is 9.12. The number of carbonyl (C=O) groups excluding carboxylic acids is 1. The summed E-state index contributed by atoms with van der Waals surface area (Å²) in [6, 6.07) is 13.0. The van der Waals surface area contributed by atoms with E-state index in [-0.39, 0.29) is 47.0 Å². The van der Waals surface area contributed by atoms with Gasteiger partial charge in [-0.05, 0) is 30.3 Å². The molecular weight excluding hydrogens is 560 g/mol. The fourth-order valence-corrected chi connectivity index (χ4v) is 4.25. The number of benzene rings is 3. The molecule has 2 heterocycles. The summed E-state index contributed by atoms with van der Waals surface area (Å²) in [5.41, 5.74) is 1.22. The van der Waals surface area contributed by atoms with Crippen molar-refractivity contribution in [3.8, 4) is 23.0 Å². The second kappa shape index (κ2) is 10.4. The molecular formula is C26H21BrN4O7. The average Bonchev–Trinajstić information content (AvgIpc) is 3.34. The lowest BCUT2D eigenvalue weighted by molar-refractivity contribution is -0.116. The van der Waals surface area contributed by atoms with E-state index in [0.717, 1.165) is 4.47 Å². The Hall–Kier alpha value is -4.58. The molecule has 0 radical (unpaired) electrons. The molecule has 5 aromatic rings. The van der Waals surface area contributed by atoms with Gasteiger partial charge in [0.1, 0.15) is 46.9 Å². The molecule has 38 heavy (non-hydrogen) atoms. The number of hydrogen-bond donors (Lipinski definition) is 2. The number of fused-ring (bicyclic) bond motifs is 2. The summed E-state index contributed by atoms with van der Waals surface area (Å²) in [5.74, 6) is 0.739. The van der Waals surface area contributed by atoms with Crippen molar-refractivity contribution in [1.82, 2.24) is 15.0 Å². The lowest BCUT2D eigenvalue weighted by atomic mass is 10.1. The fraction of sp³-hybridized carbons (Fsp3) is 0.154. The molecule has 0 aliphatic carbocycles. The first-order valence-corrected chi connectivity index (χ1v) is 12.1. The molecule has 2 aromatic heterocycles. The number of phenolic OH excluding ortho intramolecular Hbond substituents is 1. The van der Waals surface area contributed by atoms with Gasteiger partial charge in [-0.25, -0.2) is 4.68 Å². The summed E-state index contributed by atoms with van der Waals surface area (Å²) in [5, 5.41) is 21.7. The van der Waals surface area contributed by atoms with Crippen molar-refractivity contribution < 1.29 is 28.5 Å². The van der Waals surface area contributed by atoms with Crippen molar-refractivity contribution in [3.63, 3.8) is 0 Å². The first-order valence-electron chi connectivity index (χ1n) is 11.3. The van der Waals surface area contributed by atoms with Crippen LogP contribution in [0.25, 0.3) is 21.9 Å². The number of hydrogen-bond acceptors (Lipinski definition) is 9. The van der Waals surface area contributed by atoms with Gasteiger partial charge in [0, 0.05) is 28.4 Å². The molecule has 3 aromatic carbocycles. The van der Waals surface area contributed by atoms with Gasteiger partial charge in [0.2, 0.25) is 11.3 Å². The lowest BCUT2D eigenvalue weighted by Crippen LogP contribution is -2.19. The first-order chi connectivity index (χ1) is 18.3. The number of rotatable bonds is 8. The summed E-state index contributed by atoms with van der Waals surface area (Å²) in [4.78, 5) is 25.3. The van der Waals surface area contributed by atoms with Crippen LogP contribution in [0.1, 0.15) is 5.69 Å². The molecule has 5 rings (SSSR count). The van der Waals surface area contributed by atoms with Crippen LogP contribution < -0.4 is 25.0 Å². The van der Waals surface area contributed by atoms with Crippen molar-refractivity contribution >= 4 is 49.5 Å². The molecule has 0 atom stereocenters. The minimum Gasteiger partial charge on any atom is -0.507 e. The second-order valence-electron chi connectivity index (χ2n) is 8.20. The zero-order valence-corrected chi connectivity index (χ0v) is 21.8. The number of carbonyl (C=O) groups is 1. The summed E-state index contributed by atoms with van der Waals surface area (Å²) >= 11 is 3.34. The maximum absolute atomic E-state index is 12.9. The molecule has 0 bridgehead atoms. The summed E-state index contributed by atoms with van der Waals surface area (Å²) in [7, 11) is 3.04. The first kappa shape index (κ1) is 25.1. The number of phenols is 1. The number of ether oxygens (including phenoxy) is 3. The topological polar surface area (TPSA) is 138 Å². The Kier molecular flexibility index (Phi) is 6.88. The molecule has 12 heteroatoms. The Labute approximate surface area is 223 Å². The molecule has 0 unspecified atom stereocenters. The van der Waals surface area contributed by atoms with Gasteiger partial charge in [-0.1, -0.05) is 21.1 Å². The smallest absolute Gasteiger partial charge is 0.246 e. The van der Waals surface area contributed by atoms with Crippen LogP contribution in [-0.4, -0.2) is 40.2 Å². The molecule has 0 saturated carbocycles. The Morgan fingerprint density at radius 1 is 1.08 bits per heavy atom. The van der Waals surface area contributed by atoms with E-state index < -0.39 is 0 Å². The van der Waals surface area contributed by atoms with Gasteiger partial charge < -0.3 is 29.1 Å². The molecule has 0 saturated heterocycles. The number of nitrogens with zero attached hydrogens (tertiary/aromatic N) is 3. The largest absolute Gasteiger partial charge is 0.507 e. The Morgan fingerprint density at radius 2 is 1.89 bits per heavy atom. The third-order valence-corrected chi connectivity index (χ3v) is 6.13. The highest BCUT2D eigenvalue weighted by molar-refractivity contribution is 9.10. The van der Waals surface area contributed by atoms with E-state index in [1.165, 1.54) is 31.0 Å². The normalized spacial score (nSPS) is 11.0.